The molecule has 138 valence electrons. The summed E-state index contributed by atoms with van der Waals surface area (Å²) in [5.41, 5.74) is 1.05. The second-order valence-electron chi connectivity index (χ2n) is 5.20. The zero-order chi connectivity index (χ0) is 19.1. The molecule has 0 aliphatic heterocycles. The summed E-state index contributed by atoms with van der Waals surface area (Å²) in [6.07, 6.45) is 2.20. The third-order valence-corrected chi connectivity index (χ3v) is 3.55. The summed E-state index contributed by atoms with van der Waals surface area (Å²) in [7, 11) is 4.27. The molecule has 7 heteroatoms. The number of furan rings is 1. The summed E-state index contributed by atoms with van der Waals surface area (Å²) in [5.74, 6) is 0.162. The Kier molecular flexibility index (Phi) is 6.43. The zero-order valence-corrected chi connectivity index (χ0v) is 14.9. The van der Waals surface area contributed by atoms with Gasteiger partial charge >= 0.3 is 11.9 Å². The highest BCUT2D eigenvalue weighted by atomic mass is 16.6. The van der Waals surface area contributed by atoms with Crippen LogP contribution in [0, 0.1) is 0 Å². The van der Waals surface area contributed by atoms with Crippen molar-refractivity contribution in [3.05, 3.63) is 59.6 Å². The third kappa shape index (κ3) is 4.24. The molecule has 7 nitrogen and oxygen atoms in total. The first kappa shape index (κ1) is 19.1. The van der Waals surface area contributed by atoms with Crippen LogP contribution < -0.4 is 9.47 Å². The van der Waals surface area contributed by atoms with E-state index in [2.05, 4.69) is 11.3 Å². The molecular formula is C19H20O7. The van der Waals surface area contributed by atoms with Gasteiger partial charge in [0.25, 0.3) is 0 Å². The van der Waals surface area contributed by atoms with E-state index in [1.165, 1.54) is 39.5 Å². The minimum atomic E-state index is -0.600. The standard InChI is InChI=1S/C19H20O7/c1-5-6-12-9-13(10-16(22-2)17(12)23-3)18(20)25-11-14-7-8-15(26-14)19(21)24-4/h5,7-10H,1,6,11H2,2-4H3. The number of hydrogen-bond donors (Lipinski definition) is 0. The Balaban J connectivity index is 2.16. The molecule has 0 bridgehead atoms. The summed E-state index contributed by atoms with van der Waals surface area (Å²) in [5, 5.41) is 0. The number of ether oxygens (including phenoxy) is 4. The first-order valence-electron chi connectivity index (χ1n) is 7.74. The number of benzene rings is 1. The van der Waals surface area contributed by atoms with Crippen LogP contribution in [-0.4, -0.2) is 33.3 Å². The molecule has 2 rings (SSSR count). The second kappa shape index (κ2) is 8.75. The van der Waals surface area contributed by atoms with E-state index in [0.717, 1.165) is 5.56 Å². The molecule has 1 heterocycles. The molecule has 1 aromatic carbocycles. The van der Waals surface area contributed by atoms with Crippen molar-refractivity contribution in [2.45, 2.75) is 13.0 Å². The third-order valence-electron chi connectivity index (χ3n) is 3.55. The molecule has 0 aliphatic rings. The fourth-order valence-corrected chi connectivity index (χ4v) is 2.35. The van der Waals surface area contributed by atoms with Crippen LogP contribution in [0.5, 0.6) is 11.5 Å². The largest absolute Gasteiger partial charge is 0.493 e. The van der Waals surface area contributed by atoms with Gasteiger partial charge in [0.15, 0.2) is 11.5 Å². The van der Waals surface area contributed by atoms with Crippen LogP contribution in [-0.2, 0) is 22.5 Å². The number of methoxy groups -OCH3 is 3. The minimum absolute atomic E-state index is 0.0398. The highest BCUT2D eigenvalue weighted by molar-refractivity contribution is 5.90. The van der Waals surface area contributed by atoms with Gasteiger partial charge in [-0.2, -0.15) is 0 Å². The second-order valence-corrected chi connectivity index (χ2v) is 5.20. The molecule has 0 spiro atoms. The lowest BCUT2D eigenvalue weighted by Crippen LogP contribution is -2.07. The lowest BCUT2D eigenvalue weighted by molar-refractivity contribution is 0.0438. The highest BCUT2D eigenvalue weighted by Crippen LogP contribution is 2.33. The van der Waals surface area contributed by atoms with Crippen LogP contribution in [0.1, 0.15) is 32.2 Å². The predicted octanol–water partition coefficient (Wildman–Crippen LogP) is 3.17. The maximum Gasteiger partial charge on any atom is 0.373 e. The van der Waals surface area contributed by atoms with Crippen molar-refractivity contribution in [1.29, 1.82) is 0 Å². The molecule has 0 aliphatic carbocycles. The molecule has 0 atom stereocenters. The molecule has 0 radical (unpaired) electrons. The topological polar surface area (TPSA) is 84.2 Å². The number of allylic oxidation sites excluding steroid dienone is 1. The van der Waals surface area contributed by atoms with Gasteiger partial charge in [-0.05, 0) is 30.7 Å². The average Bonchev–Trinajstić information content (AvgIpc) is 3.14. The maximum atomic E-state index is 12.4. The molecule has 0 N–H and O–H groups in total. The molecule has 2 aromatic rings. The number of carbonyl (C=O) groups excluding carboxylic acids is 2. The minimum Gasteiger partial charge on any atom is -0.493 e. The molecule has 1 aromatic heterocycles. The summed E-state index contributed by atoms with van der Waals surface area (Å²) < 4.78 is 25.7. The van der Waals surface area contributed by atoms with E-state index in [0.29, 0.717) is 29.2 Å². The fourth-order valence-electron chi connectivity index (χ4n) is 2.35. The molecule has 26 heavy (non-hydrogen) atoms. The number of esters is 2. The average molecular weight is 360 g/mol. The number of hydrogen-bond acceptors (Lipinski definition) is 7. The Bertz CT molecular complexity index is 804. The van der Waals surface area contributed by atoms with E-state index in [-0.39, 0.29) is 12.4 Å². The van der Waals surface area contributed by atoms with Gasteiger partial charge in [-0.15, -0.1) is 6.58 Å². The molecule has 0 saturated heterocycles. The van der Waals surface area contributed by atoms with E-state index in [1.54, 1.807) is 12.1 Å². The monoisotopic (exact) mass is 360 g/mol. The van der Waals surface area contributed by atoms with Gasteiger partial charge in [0, 0.05) is 5.56 Å². The molecule has 0 saturated carbocycles. The van der Waals surface area contributed by atoms with Crippen molar-refractivity contribution in [2.75, 3.05) is 21.3 Å². The van der Waals surface area contributed by atoms with Gasteiger partial charge in [-0.1, -0.05) is 6.08 Å². The fraction of sp³-hybridized carbons (Fsp3) is 0.263. The highest BCUT2D eigenvalue weighted by Gasteiger charge is 2.18. The van der Waals surface area contributed by atoms with Crippen LogP contribution in [0.2, 0.25) is 0 Å². The van der Waals surface area contributed by atoms with Crippen molar-refractivity contribution >= 4 is 11.9 Å². The van der Waals surface area contributed by atoms with E-state index < -0.39 is 11.9 Å². The van der Waals surface area contributed by atoms with Crippen molar-refractivity contribution < 1.29 is 33.0 Å². The molecular weight excluding hydrogens is 340 g/mol. The zero-order valence-electron chi connectivity index (χ0n) is 14.9. The molecule has 0 fully saturated rings. The van der Waals surface area contributed by atoms with Crippen LogP contribution in [0.15, 0.2) is 41.3 Å². The lowest BCUT2D eigenvalue weighted by atomic mass is 10.1. The number of rotatable bonds is 8. The lowest BCUT2D eigenvalue weighted by Gasteiger charge is -2.14. The number of carbonyl (C=O) groups is 2. The molecule has 0 unspecified atom stereocenters. The van der Waals surface area contributed by atoms with Crippen LogP contribution in [0.25, 0.3) is 0 Å². The Morgan fingerprint density at radius 1 is 1.12 bits per heavy atom. The van der Waals surface area contributed by atoms with Gasteiger partial charge < -0.3 is 23.4 Å². The Hall–Kier alpha value is -3.22. The maximum absolute atomic E-state index is 12.4. The van der Waals surface area contributed by atoms with Crippen LogP contribution >= 0.6 is 0 Å². The van der Waals surface area contributed by atoms with E-state index >= 15 is 0 Å². The summed E-state index contributed by atoms with van der Waals surface area (Å²) >= 11 is 0. The first-order chi connectivity index (χ1) is 12.5. The van der Waals surface area contributed by atoms with Gasteiger partial charge in [0.05, 0.1) is 26.9 Å². The van der Waals surface area contributed by atoms with Crippen molar-refractivity contribution in [3.63, 3.8) is 0 Å². The van der Waals surface area contributed by atoms with E-state index in [9.17, 15) is 9.59 Å². The van der Waals surface area contributed by atoms with Gasteiger partial charge in [-0.25, -0.2) is 9.59 Å². The quantitative estimate of drug-likeness (QED) is 0.528. The summed E-state index contributed by atoms with van der Waals surface area (Å²) in [6.45, 7) is 3.57. The summed E-state index contributed by atoms with van der Waals surface area (Å²) in [6, 6.07) is 6.19. The van der Waals surface area contributed by atoms with Crippen LogP contribution in [0.3, 0.4) is 0 Å². The summed E-state index contributed by atoms with van der Waals surface area (Å²) in [4.78, 5) is 23.7. The van der Waals surface area contributed by atoms with Crippen molar-refractivity contribution in [2.24, 2.45) is 0 Å². The van der Waals surface area contributed by atoms with Crippen LogP contribution in [0.4, 0.5) is 0 Å². The van der Waals surface area contributed by atoms with E-state index in [4.69, 9.17) is 18.6 Å². The smallest absolute Gasteiger partial charge is 0.373 e. The SMILES string of the molecule is C=CCc1cc(C(=O)OCc2ccc(C(=O)OC)o2)cc(OC)c1OC. The van der Waals surface area contributed by atoms with E-state index in [1.807, 2.05) is 0 Å². The van der Waals surface area contributed by atoms with Gasteiger partial charge in [0.2, 0.25) is 5.76 Å². The van der Waals surface area contributed by atoms with Gasteiger partial charge in [-0.3, -0.25) is 0 Å². The van der Waals surface area contributed by atoms with Gasteiger partial charge in [0.1, 0.15) is 12.4 Å². The van der Waals surface area contributed by atoms with Crippen molar-refractivity contribution in [3.8, 4) is 11.5 Å². The molecule has 0 amide bonds. The Morgan fingerprint density at radius 3 is 2.50 bits per heavy atom. The predicted molar refractivity (Wildman–Crippen MR) is 92.6 cm³/mol. The van der Waals surface area contributed by atoms with Crippen molar-refractivity contribution in [1.82, 2.24) is 0 Å². The normalized spacial score (nSPS) is 10.1. The Morgan fingerprint density at radius 2 is 1.88 bits per heavy atom. The first-order valence-corrected chi connectivity index (χ1v) is 7.74. The Labute approximate surface area is 151 Å².